The first-order chi connectivity index (χ1) is 18.3. The molecule has 0 bridgehead atoms. The summed E-state index contributed by atoms with van der Waals surface area (Å²) in [4.78, 5) is 13.1. The lowest BCUT2D eigenvalue weighted by Crippen LogP contribution is -2.43. The van der Waals surface area contributed by atoms with Crippen LogP contribution in [-0.2, 0) is 6.18 Å². The standard InChI is InChI=1S/C26H24ClF5N2O3.C2H6/c1-14(17-8-16(26(30,31)32)9-20(27)23(17)29)34-6-4-25(12-33,5-7-34)13-37-22-11-21(28)19(24(35)36)10-18(22)15-2-3-15;1-2/h8-11,14-15H,2-7,13H2,1H3,(H,35,36);1-2H3. The van der Waals surface area contributed by atoms with E-state index in [-0.39, 0.29) is 49.8 Å². The van der Waals surface area contributed by atoms with Crippen LogP contribution in [0.2, 0.25) is 5.02 Å². The Morgan fingerprint density at radius 1 is 1.21 bits per heavy atom. The second-order valence-electron chi connectivity index (χ2n) is 9.70. The SMILES string of the molecule is CC.CC(c1cc(C(F)(F)F)cc(Cl)c1F)N1CCC(C#N)(COc2cc(F)c(C(=O)O)cc2C2CC2)CC1. The van der Waals surface area contributed by atoms with Gasteiger partial charge in [0.1, 0.15) is 24.0 Å². The van der Waals surface area contributed by atoms with Crippen molar-refractivity contribution in [3.8, 4) is 11.8 Å². The zero-order chi connectivity index (χ0) is 29.1. The maximum Gasteiger partial charge on any atom is 0.416 e. The van der Waals surface area contributed by atoms with Crippen LogP contribution in [0.3, 0.4) is 0 Å². The highest BCUT2D eigenvalue weighted by Gasteiger charge is 2.39. The van der Waals surface area contributed by atoms with Crippen LogP contribution in [0.1, 0.15) is 85.5 Å². The zero-order valence-electron chi connectivity index (χ0n) is 21.8. The van der Waals surface area contributed by atoms with Gasteiger partial charge in [-0.25, -0.2) is 13.6 Å². The monoisotopic (exact) mass is 572 g/mol. The Kier molecular flexibility index (Phi) is 9.50. The summed E-state index contributed by atoms with van der Waals surface area (Å²) in [6.07, 6.45) is -2.45. The summed E-state index contributed by atoms with van der Waals surface area (Å²) in [5.74, 6) is -2.94. The van der Waals surface area contributed by atoms with Crippen molar-refractivity contribution in [2.75, 3.05) is 19.7 Å². The van der Waals surface area contributed by atoms with Crippen LogP contribution in [0.15, 0.2) is 24.3 Å². The van der Waals surface area contributed by atoms with Crippen LogP contribution in [0.5, 0.6) is 5.75 Å². The smallest absolute Gasteiger partial charge is 0.416 e. The molecule has 0 radical (unpaired) electrons. The number of likely N-dealkylation sites (tertiary alicyclic amines) is 1. The highest BCUT2D eigenvalue weighted by atomic mass is 35.5. The van der Waals surface area contributed by atoms with E-state index in [1.165, 1.54) is 6.07 Å². The van der Waals surface area contributed by atoms with E-state index >= 15 is 0 Å². The lowest BCUT2D eigenvalue weighted by atomic mass is 9.80. The number of halogens is 6. The maximum atomic E-state index is 14.7. The van der Waals surface area contributed by atoms with Crippen LogP contribution in [0.4, 0.5) is 22.0 Å². The average Bonchev–Trinajstić information content (AvgIpc) is 3.75. The van der Waals surface area contributed by atoms with Gasteiger partial charge in [-0.1, -0.05) is 25.4 Å². The Balaban J connectivity index is 0.00000205. The Bertz CT molecular complexity index is 1250. The van der Waals surface area contributed by atoms with Crippen LogP contribution in [0, 0.1) is 28.4 Å². The van der Waals surface area contributed by atoms with Gasteiger partial charge in [0.2, 0.25) is 0 Å². The molecule has 1 aliphatic carbocycles. The second kappa shape index (κ2) is 12.1. The number of benzene rings is 2. The maximum absolute atomic E-state index is 14.7. The molecule has 1 unspecified atom stereocenters. The molecule has 1 aliphatic heterocycles. The molecule has 11 heteroatoms. The molecule has 2 aromatic carbocycles. The van der Waals surface area contributed by atoms with Gasteiger partial charge >= 0.3 is 12.1 Å². The number of hydrogen-bond donors (Lipinski definition) is 1. The molecule has 1 N–H and O–H groups in total. The van der Waals surface area contributed by atoms with Crippen LogP contribution < -0.4 is 4.74 Å². The molecular weight excluding hydrogens is 543 g/mol. The number of hydrogen-bond acceptors (Lipinski definition) is 4. The number of rotatable bonds is 7. The first-order valence-corrected chi connectivity index (χ1v) is 13.1. The van der Waals surface area contributed by atoms with E-state index in [9.17, 15) is 37.1 Å². The summed E-state index contributed by atoms with van der Waals surface area (Å²) in [7, 11) is 0. The molecule has 5 nitrogen and oxygen atoms in total. The Labute approximate surface area is 229 Å². The van der Waals surface area contributed by atoms with Crippen LogP contribution in [0.25, 0.3) is 0 Å². The van der Waals surface area contributed by atoms with Crippen LogP contribution >= 0.6 is 11.6 Å². The lowest BCUT2D eigenvalue weighted by molar-refractivity contribution is -0.137. The molecule has 2 fully saturated rings. The van der Waals surface area contributed by atoms with Crippen molar-refractivity contribution in [3.05, 3.63) is 63.2 Å². The number of nitriles is 1. The van der Waals surface area contributed by atoms with Crippen molar-refractivity contribution in [2.24, 2.45) is 5.41 Å². The molecule has 0 amide bonds. The highest BCUT2D eigenvalue weighted by Crippen LogP contribution is 2.46. The van der Waals surface area contributed by atoms with Crippen molar-refractivity contribution in [1.29, 1.82) is 5.26 Å². The van der Waals surface area contributed by atoms with Gasteiger partial charge in [0, 0.05) is 30.8 Å². The number of carbonyl (C=O) groups is 1. The molecule has 1 heterocycles. The van der Waals surface area contributed by atoms with E-state index in [0.29, 0.717) is 11.6 Å². The largest absolute Gasteiger partial charge is 0.492 e. The van der Waals surface area contributed by atoms with E-state index in [2.05, 4.69) is 6.07 Å². The van der Waals surface area contributed by atoms with E-state index in [4.69, 9.17) is 16.3 Å². The van der Waals surface area contributed by atoms with E-state index in [0.717, 1.165) is 25.0 Å². The van der Waals surface area contributed by atoms with Crippen molar-refractivity contribution in [2.45, 2.75) is 64.6 Å². The van der Waals surface area contributed by atoms with Gasteiger partial charge in [-0.2, -0.15) is 18.4 Å². The minimum atomic E-state index is -4.68. The summed E-state index contributed by atoms with van der Waals surface area (Å²) >= 11 is 5.74. The first kappa shape index (κ1) is 30.6. The predicted molar refractivity (Wildman–Crippen MR) is 136 cm³/mol. The number of carboxylic acid groups (broad SMARTS) is 1. The van der Waals surface area contributed by atoms with E-state index < -0.39 is 51.4 Å². The van der Waals surface area contributed by atoms with Gasteiger partial charge in [0.25, 0.3) is 0 Å². The molecule has 2 aliphatic rings. The molecular formula is C28H30ClF5N2O3. The van der Waals surface area contributed by atoms with Gasteiger partial charge in [0.15, 0.2) is 0 Å². The minimum absolute atomic E-state index is 0.0684. The fourth-order valence-electron chi connectivity index (χ4n) is 4.69. The fourth-order valence-corrected chi connectivity index (χ4v) is 4.92. The molecule has 0 aromatic heterocycles. The van der Waals surface area contributed by atoms with E-state index in [1.807, 2.05) is 13.8 Å². The molecule has 0 spiro atoms. The molecule has 212 valence electrons. The predicted octanol–water partition coefficient (Wildman–Crippen LogP) is 7.98. The summed E-state index contributed by atoms with van der Waals surface area (Å²) in [5.41, 5.74) is -2.01. The number of aromatic carboxylic acids is 1. The third kappa shape index (κ3) is 6.82. The van der Waals surface area contributed by atoms with Crippen molar-refractivity contribution in [1.82, 2.24) is 4.90 Å². The number of carboxylic acids is 1. The van der Waals surface area contributed by atoms with Crippen molar-refractivity contribution in [3.63, 3.8) is 0 Å². The van der Waals surface area contributed by atoms with Gasteiger partial charge in [-0.05, 0) is 62.3 Å². The average molecular weight is 573 g/mol. The summed E-state index contributed by atoms with van der Waals surface area (Å²) in [6.45, 7) is 6.08. The highest BCUT2D eigenvalue weighted by molar-refractivity contribution is 6.30. The third-order valence-electron chi connectivity index (χ3n) is 7.22. The first-order valence-electron chi connectivity index (χ1n) is 12.8. The number of nitrogens with zero attached hydrogens (tertiary/aromatic N) is 2. The zero-order valence-corrected chi connectivity index (χ0v) is 22.6. The van der Waals surface area contributed by atoms with Crippen molar-refractivity contribution < 1.29 is 36.6 Å². The summed E-state index contributed by atoms with van der Waals surface area (Å²) in [5, 5.41) is 18.5. The molecule has 4 rings (SSSR count). The van der Waals surface area contributed by atoms with Crippen LogP contribution in [-0.4, -0.2) is 35.7 Å². The normalized spacial score (nSPS) is 17.9. The Morgan fingerprint density at radius 3 is 2.33 bits per heavy atom. The Morgan fingerprint density at radius 2 is 1.82 bits per heavy atom. The Hall–Kier alpha value is -2.90. The topological polar surface area (TPSA) is 73.6 Å². The lowest BCUT2D eigenvalue weighted by Gasteiger charge is -2.40. The quantitative estimate of drug-likeness (QED) is 0.340. The number of ether oxygens (including phenoxy) is 1. The number of piperidine rings is 1. The fraction of sp³-hybridized carbons (Fsp3) is 0.500. The number of alkyl halides is 3. The minimum Gasteiger partial charge on any atom is -0.492 e. The molecule has 1 saturated carbocycles. The third-order valence-corrected chi connectivity index (χ3v) is 7.50. The second-order valence-corrected chi connectivity index (χ2v) is 10.1. The van der Waals surface area contributed by atoms with Gasteiger partial charge < -0.3 is 9.84 Å². The van der Waals surface area contributed by atoms with E-state index in [1.54, 1.807) is 11.8 Å². The van der Waals surface area contributed by atoms with Crippen molar-refractivity contribution >= 4 is 17.6 Å². The van der Waals surface area contributed by atoms with Gasteiger partial charge in [-0.15, -0.1) is 0 Å². The molecule has 1 atom stereocenters. The van der Waals surface area contributed by atoms with Gasteiger partial charge in [-0.3, -0.25) is 4.90 Å². The molecule has 1 saturated heterocycles. The summed E-state index contributed by atoms with van der Waals surface area (Å²) in [6, 6.07) is 5.18. The molecule has 39 heavy (non-hydrogen) atoms. The molecule has 2 aromatic rings. The summed E-state index contributed by atoms with van der Waals surface area (Å²) < 4.78 is 74.6. The van der Waals surface area contributed by atoms with Gasteiger partial charge in [0.05, 0.1) is 27.6 Å².